The van der Waals surface area contributed by atoms with Gasteiger partial charge < -0.3 is 9.47 Å². The van der Waals surface area contributed by atoms with E-state index in [1.807, 2.05) is 0 Å². The molecule has 136 valence electrons. The average Bonchev–Trinajstić information content (AvgIpc) is 2.53. The molecule has 7 heteroatoms. The third-order valence-corrected chi connectivity index (χ3v) is 4.01. The lowest BCUT2D eigenvalue weighted by Crippen LogP contribution is -2.45. The van der Waals surface area contributed by atoms with Crippen molar-refractivity contribution in [1.82, 2.24) is 0 Å². The second-order valence-electron chi connectivity index (χ2n) is 6.17. The van der Waals surface area contributed by atoms with Crippen LogP contribution in [0.15, 0.2) is 12.1 Å². The van der Waals surface area contributed by atoms with Gasteiger partial charge in [-0.1, -0.05) is 26.2 Å². The molecule has 1 heterocycles. The lowest BCUT2D eigenvalue weighted by molar-refractivity contribution is -0.290. The van der Waals surface area contributed by atoms with Crippen molar-refractivity contribution in [2.45, 2.75) is 51.2 Å². The highest BCUT2D eigenvalue weighted by Crippen LogP contribution is 2.31. The molecule has 0 amide bonds. The van der Waals surface area contributed by atoms with Crippen molar-refractivity contribution < 1.29 is 31.4 Å². The molecule has 1 saturated heterocycles. The second-order valence-corrected chi connectivity index (χ2v) is 6.17. The number of halogens is 5. The summed E-state index contributed by atoms with van der Waals surface area (Å²) in [5.74, 6) is -8.07. The predicted molar refractivity (Wildman–Crippen MR) is 78.3 cm³/mol. The van der Waals surface area contributed by atoms with Crippen LogP contribution in [0, 0.1) is 23.4 Å². The van der Waals surface area contributed by atoms with Crippen LogP contribution in [-0.4, -0.2) is 25.4 Å². The monoisotopic (exact) mass is 352 g/mol. The van der Waals surface area contributed by atoms with Crippen molar-refractivity contribution in [2.24, 2.45) is 5.92 Å². The molecule has 0 aliphatic carbocycles. The smallest absolute Gasteiger partial charge is 0.301 e. The quantitative estimate of drug-likeness (QED) is 0.397. The van der Waals surface area contributed by atoms with E-state index < -0.39 is 36.1 Å². The van der Waals surface area contributed by atoms with Gasteiger partial charge in [0.2, 0.25) is 6.29 Å². The van der Waals surface area contributed by atoms with E-state index in [4.69, 9.17) is 9.47 Å². The molecule has 0 saturated carbocycles. The lowest BCUT2D eigenvalue weighted by Gasteiger charge is -2.34. The van der Waals surface area contributed by atoms with Crippen molar-refractivity contribution >= 4 is 0 Å². The minimum atomic E-state index is -3.47. The van der Waals surface area contributed by atoms with Crippen LogP contribution in [-0.2, 0) is 15.9 Å². The summed E-state index contributed by atoms with van der Waals surface area (Å²) in [7, 11) is 0. The average molecular weight is 352 g/mol. The molecule has 24 heavy (non-hydrogen) atoms. The van der Waals surface area contributed by atoms with Gasteiger partial charge >= 0.3 is 5.92 Å². The lowest BCUT2D eigenvalue weighted by atomic mass is 10.0. The fourth-order valence-electron chi connectivity index (χ4n) is 2.70. The zero-order chi connectivity index (χ0) is 17.7. The number of unbranched alkanes of at least 4 members (excludes halogenated alkanes) is 2. The Hall–Kier alpha value is -1.21. The summed E-state index contributed by atoms with van der Waals surface area (Å²) >= 11 is 0. The van der Waals surface area contributed by atoms with Crippen LogP contribution in [0.25, 0.3) is 0 Å². The van der Waals surface area contributed by atoms with Gasteiger partial charge in [-0.2, -0.15) is 0 Å². The van der Waals surface area contributed by atoms with Gasteiger partial charge in [0.05, 0.1) is 13.2 Å². The van der Waals surface area contributed by atoms with Crippen LogP contribution in [0.2, 0.25) is 0 Å². The minimum Gasteiger partial charge on any atom is -0.347 e. The van der Waals surface area contributed by atoms with E-state index in [0.29, 0.717) is 12.1 Å². The summed E-state index contributed by atoms with van der Waals surface area (Å²) in [5, 5.41) is 0. The Labute approximate surface area is 137 Å². The van der Waals surface area contributed by atoms with Crippen LogP contribution in [0.4, 0.5) is 22.0 Å². The Morgan fingerprint density at radius 3 is 2.17 bits per heavy atom. The predicted octanol–water partition coefficient (Wildman–Crippen LogP) is 4.85. The Morgan fingerprint density at radius 2 is 1.62 bits per heavy atom. The first-order valence-electron chi connectivity index (χ1n) is 8.08. The van der Waals surface area contributed by atoms with Crippen molar-refractivity contribution in [3.05, 3.63) is 35.1 Å². The molecule has 0 atom stereocenters. The standard InChI is InChI=1S/C17H21F5O2/c1-2-3-4-5-11-9-23-16(24-10-11)17(21,22)8-12-6-13(18)15(20)14(19)7-12/h6-7,11,16H,2-5,8-10H2,1H3. The minimum absolute atomic E-state index is 0.0734. The van der Waals surface area contributed by atoms with Gasteiger partial charge in [-0.25, -0.2) is 22.0 Å². The summed E-state index contributed by atoms with van der Waals surface area (Å²) in [4.78, 5) is 0. The first-order valence-corrected chi connectivity index (χ1v) is 8.08. The van der Waals surface area contributed by atoms with Crippen LogP contribution < -0.4 is 0 Å². The maximum atomic E-state index is 14.2. The Morgan fingerprint density at radius 1 is 1.04 bits per heavy atom. The third kappa shape index (κ3) is 4.89. The van der Waals surface area contributed by atoms with Gasteiger partial charge in [0.1, 0.15) is 0 Å². The number of hydrogen-bond donors (Lipinski definition) is 0. The molecule has 1 aliphatic rings. The van der Waals surface area contributed by atoms with Crippen molar-refractivity contribution in [3.63, 3.8) is 0 Å². The third-order valence-electron chi connectivity index (χ3n) is 4.01. The summed E-state index contributed by atoms with van der Waals surface area (Å²) < 4.78 is 77.8. The maximum absolute atomic E-state index is 14.2. The fraction of sp³-hybridized carbons (Fsp3) is 0.647. The molecule has 0 unspecified atom stereocenters. The summed E-state index contributed by atoms with van der Waals surface area (Å²) in [5.41, 5.74) is -0.353. The normalized spacial score (nSPS) is 21.9. The van der Waals surface area contributed by atoms with Crippen molar-refractivity contribution in [1.29, 1.82) is 0 Å². The van der Waals surface area contributed by atoms with E-state index in [0.717, 1.165) is 25.7 Å². The molecule has 0 N–H and O–H groups in total. The zero-order valence-corrected chi connectivity index (χ0v) is 13.5. The van der Waals surface area contributed by atoms with Crippen LogP contribution >= 0.6 is 0 Å². The molecule has 1 aromatic rings. The van der Waals surface area contributed by atoms with E-state index in [1.54, 1.807) is 0 Å². The molecule has 2 rings (SSSR count). The van der Waals surface area contributed by atoms with Crippen LogP contribution in [0.5, 0.6) is 0 Å². The van der Waals surface area contributed by atoms with Gasteiger partial charge in [0, 0.05) is 12.3 Å². The fourth-order valence-corrected chi connectivity index (χ4v) is 2.70. The van der Waals surface area contributed by atoms with Crippen molar-refractivity contribution in [2.75, 3.05) is 13.2 Å². The SMILES string of the molecule is CCCCCC1COC(C(F)(F)Cc2cc(F)c(F)c(F)c2)OC1. The molecular weight excluding hydrogens is 331 g/mol. The largest absolute Gasteiger partial charge is 0.347 e. The van der Waals surface area contributed by atoms with E-state index >= 15 is 0 Å². The summed E-state index contributed by atoms with van der Waals surface area (Å²) in [6, 6.07) is 1.12. The summed E-state index contributed by atoms with van der Waals surface area (Å²) in [6.45, 7) is 2.40. The molecule has 1 aliphatic heterocycles. The Balaban J connectivity index is 1.92. The number of benzene rings is 1. The van der Waals surface area contributed by atoms with E-state index in [9.17, 15) is 22.0 Å². The molecule has 1 aromatic carbocycles. The molecule has 2 nitrogen and oxygen atoms in total. The van der Waals surface area contributed by atoms with Gasteiger partial charge in [-0.3, -0.25) is 0 Å². The highest BCUT2D eigenvalue weighted by molar-refractivity contribution is 5.21. The van der Waals surface area contributed by atoms with Gasteiger partial charge in [-0.15, -0.1) is 0 Å². The van der Waals surface area contributed by atoms with Gasteiger partial charge in [0.25, 0.3) is 0 Å². The van der Waals surface area contributed by atoms with E-state index in [-0.39, 0.29) is 24.7 Å². The highest BCUT2D eigenvalue weighted by Gasteiger charge is 2.44. The van der Waals surface area contributed by atoms with Gasteiger partial charge in [-0.05, 0) is 24.1 Å². The number of rotatable bonds is 7. The number of hydrogen-bond acceptors (Lipinski definition) is 2. The van der Waals surface area contributed by atoms with Gasteiger partial charge in [0.15, 0.2) is 17.5 Å². The maximum Gasteiger partial charge on any atom is 0.301 e. The molecule has 0 spiro atoms. The molecule has 0 radical (unpaired) electrons. The molecule has 0 aromatic heterocycles. The molecule has 0 bridgehead atoms. The van der Waals surface area contributed by atoms with E-state index in [1.165, 1.54) is 0 Å². The molecular formula is C17H21F5O2. The van der Waals surface area contributed by atoms with E-state index in [2.05, 4.69) is 6.92 Å². The first-order chi connectivity index (χ1) is 11.3. The number of ether oxygens (including phenoxy) is 2. The molecule has 1 fully saturated rings. The summed E-state index contributed by atoms with van der Waals surface area (Å²) in [6.07, 6.45) is 1.21. The van der Waals surface area contributed by atoms with Crippen molar-refractivity contribution in [3.8, 4) is 0 Å². The zero-order valence-electron chi connectivity index (χ0n) is 13.5. The first kappa shape index (κ1) is 19.1. The number of alkyl halides is 2. The Kier molecular flexibility index (Phi) is 6.57. The van der Waals surface area contributed by atoms with Crippen LogP contribution in [0.1, 0.15) is 38.2 Å². The topological polar surface area (TPSA) is 18.5 Å². The second kappa shape index (κ2) is 8.25. The van der Waals surface area contributed by atoms with Crippen LogP contribution in [0.3, 0.4) is 0 Å². The highest BCUT2D eigenvalue weighted by atomic mass is 19.3. The Bertz CT molecular complexity index is 519.